The molecule has 0 aromatic heterocycles. The molecule has 4 aromatic carbocycles. The van der Waals surface area contributed by atoms with Gasteiger partial charge >= 0.3 is 0 Å². The number of ether oxygens (including phenoxy) is 2. The summed E-state index contributed by atoms with van der Waals surface area (Å²) in [6.45, 7) is -0.447. The van der Waals surface area contributed by atoms with Crippen LogP contribution >= 0.6 is 11.8 Å². The van der Waals surface area contributed by atoms with Gasteiger partial charge in [0.15, 0.2) is 29.0 Å². The number of anilines is 1. The summed E-state index contributed by atoms with van der Waals surface area (Å²) in [6, 6.07) is 20.4. The Labute approximate surface area is 236 Å². The summed E-state index contributed by atoms with van der Waals surface area (Å²) in [7, 11) is 1.48. The highest BCUT2D eigenvalue weighted by atomic mass is 32.2. The molecular weight excluding hydrogens is 557 g/mol. The molecule has 1 aliphatic heterocycles. The van der Waals surface area contributed by atoms with Crippen molar-refractivity contribution in [2.45, 2.75) is 6.61 Å². The van der Waals surface area contributed by atoms with Gasteiger partial charge in [-0.25, -0.2) is 13.2 Å². The topological polar surface area (TPSA) is 84.9 Å². The van der Waals surface area contributed by atoms with Crippen molar-refractivity contribution in [1.29, 1.82) is 0 Å². The molecule has 0 spiro atoms. The lowest BCUT2D eigenvalue weighted by Gasteiger charge is -2.13. The second-order valence-electron chi connectivity index (χ2n) is 8.88. The SMILES string of the molecule is COc1cc(/C=C2/SC(=O)N(CC(=O)Nc3ccc(F)c(F)c3F)C2=O)ccc1OCc1cccc2ccccc12. The van der Waals surface area contributed by atoms with E-state index in [0.717, 1.165) is 22.4 Å². The van der Waals surface area contributed by atoms with Crippen LogP contribution in [0.3, 0.4) is 0 Å². The van der Waals surface area contributed by atoms with E-state index in [-0.39, 0.29) is 4.91 Å². The van der Waals surface area contributed by atoms with Crippen LogP contribution in [0.5, 0.6) is 11.5 Å². The second-order valence-corrected chi connectivity index (χ2v) is 9.87. The molecule has 0 unspecified atom stereocenters. The number of amides is 3. The number of carbonyl (C=O) groups is 3. The molecule has 11 heteroatoms. The molecule has 1 N–H and O–H groups in total. The summed E-state index contributed by atoms with van der Waals surface area (Å²) in [6.07, 6.45) is 1.47. The number of hydrogen-bond donors (Lipinski definition) is 1. The third-order valence-corrected chi connectivity index (χ3v) is 7.14. The molecule has 1 saturated heterocycles. The van der Waals surface area contributed by atoms with E-state index < -0.39 is 46.7 Å². The molecule has 0 radical (unpaired) electrons. The van der Waals surface area contributed by atoms with Crippen LogP contribution in [-0.2, 0) is 16.2 Å². The smallest absolute Gasteiger partial charge is 0.294 e. The van der Waals surface area contributed by atoms with Crippen LogP contribution in [0.25, 0.3) is 16.8 Å². The van der Waals surface area contributed by atoms with E-state index in [1.54, 1.807) is 18.2 Å². The number of halogens is 3. The van der Waals surface area contributed by atoms with Crippen molar-refractivity contribution in [3.8, 4) is 11.5 Å². The number of benzene rings is 4. The van der Waals surface area contributed by atoms with Gasteiger partial charge in [0.1, 0.15) is 13.2 Å². The lowest BCUT2D eigenvalue weighted by atomic mass is 10.1. The Morgan fingerprint density at radius 1 is 0.951 bits per heavy atom. The Kier molecular flexibility index (Phi) is 7.97. The summed E-state index contributed by atoms with van der Waals surface area (Å²) in [5.74, 6) is -5.58. The normalized spacial score (nSPS) is 14.1. The predicted molar refractivity (Wildman–Crippen MR) is 149 cm³/mol. The first-order valence-corrected chi connectivity index (χ1v) is 13.0. The van der Waals surface area contributed by atoms with Gasteiger partial charge in [-0.15, -0.1) is 0 Å². The minimum atomic E-state index is -1.75. The standard InChI is InChI=1S/C30H21F3N2O5S/c1-39-24-13-17(9-12-23(24)40-16-19-7-4-6-18-5-2-3-8-20(18)19)14-25-29(37)35(30(38)41-25)15-26(36)34-22-11-10-21(31)27(32)28(22)33/h2-14H,15-16H2,1H3,(H,34,36)/b25-14+. The zero-order valence-corrected chi connectivity index (χ0v) is 22.3. The molecule has 7 nitrogen and oxygen atoms in total. The van der Waals surface area contributed by atoms with Crippen molar-refractivity contribution in [2.75, 3.05) is 19.0 Å². The van der Waals surface area contributed by atoms with E-state index >= 15 is 0 Å². The van der Waals surface area contributed by atoms with Crippen molar-refractivity contribution in [3.63, 3.8) is 0 Å². The Morgan fingerprint density at radius 3 is 2.54 bits per heavy atom. The second kappa shape index (κ2) is 11.8. The first kappa shape index (κ1) is 27.8. The zero-order chi connectivity index (χ0) is 29.1. The van der Waals surface area contributed by atoms with Crippen molar-refractivity contribution in [3.05, 3.63) is 106 Å². The van der Waals surface area contributed by atoms with Crippen molar-refractivity contribution in [2.24, 2.45) is 0 Å². The molecule has 1 aliphatic rings. The fourth-order valence-corrected chi connectivity index (χ4v) is 5.05. The van der Waals surface area contributed by atoms with E-state index in [1.807, 2.05) is 47.8 Å². The van der Waals surface area contributed by atoms with Gasteiger partial charge in [0.25, 0.3) is 11.1 Å². The maximum absolute atomic E-state index is 13.9. The lowest BCUT2D eigenvalue weighted by Crippen LogP contribution is -2.36. The van der Waals surface area contributed by atoms with Crippen LogP contribution in [0.2, 0.25) is 0 Å². The number of rotatable bonds is 8. The van der Waals surface area contributed by atoms with Crippen molar-refractivity contribution >= 4 is 51.4 Å². The third kappa shape index (κ3) is 5.90. The highest BCUT2D eigenvalue weighted by Gasteiger charge is 2.36. The average Bonchev–Trinajstić information content (AvgIpc) is 3.23. The summed E-state index contributed by atoms with van der Waals surface area (Å²) in [4.78, 5) is 38.4. The minimum absolute atomic E-state index is 0.0493. The van der Waals surface area contributed by atoms with Crippen LogP contribution < -0.4 is 14.8 Å². The third-order valence-electron chi connectivity index (χ3n) is 6.23. The van der Waals surface area contributed by atoms with Gasteiger partial charge in [0.05, 0.1) is 17.7 Å². The van der Waals surface area contributed by atoms with E-state index in [0.29, 0.717) is 46.4 Å². The predicted octanol–water partition coefficient (Wildman–Crippen LogP) is 6.52. The first-order valence-electron chi connectivity index (χ1n) is 12.2. The molecule has 0 aliphatic carbocycles. The zero-order valence-electron chi connectivity index (χ0n) is 21.5. The van der Waals surface area contributed by atoms with E-state index in [2.05, 4.69) is 0 Å². The highest BCUT2D eigenvalue weighted by Crippen LogP contribution is 2.35. The maximum atomic E-state index is 13.9. The van der Waals surface area contributed by atoms with Gasteiger partial charge in [-0.1, -0.05) is 48.5 Å². The number of thioether (sulfide) groups is 1. The van der Waals surface area contributed by atoms with Gasteiger partial charge in [-0.3, -0.25) is 19.3 Å². The minimum Gasteiger partial charge on any atom is -0.493 e. The fourth-order valence-electron chi connectivity index (χ4n) is 4.21. The monoisotopic (exact) mass is 578 g/mol. The molecule has 208 valence electrons. The molecule has 3 amide bonds. The summed E-state index contributed by atoms with van der Waals surface area (Å²) in [5, 5.41) is 3.49. The number of fused-ring (bicyclic) bond motifs is 1. The van der Waals surface area contributed by atoms with Crippen molar-refractivity contribution in [1.82, 2.24) is 4.90 Å². The Balaban J connectivity index is 1.27. The van der Waals surface area contributed by atoms with E-state index in [9.17, 15) is 27.6 Å². The summed E-state index contributed by atoms with van der Waals surface area (Å²) in [5.41, 5.74) is 0.920. The number of nitrogens with one attached hydrogen (secondary N) is 1. The van der Waals surface area contributed by atoms with Crippen LogP contribution in [0, 0.1) is 17.5 Å². The first-order chi connectivity index (χ1) is 19.7. The molecule has 0 atom stereocenters. The van der Waals surface area contributed by atoms with Gasteiger partial charge in [-0.2, -0.15) is 0 Å². The Hall–Kier alpha value is -4.77. The van der Waals surface area contributed by atoms with Crippen LogP contribution in [0.1, 0.15) is 11.1 Å². The van der Waals surface area contributed by atoms with Gasteiger partial charge in [0, 0.05) is 0 Å². The van der Waals surface area contributed by atoms with Crippen molar-refractivity contribution < 1.29 is 37.0 Å². The number of nitrogens with zero attached hydrogens (tertiary/aromatic N) is 1. The van der Waals surface area contributed by atoms with Crippen LogP contribution in [0.4, 0.5) is 23.7 Å². The van der Waals surface area contributed by atoms with Crippen LogP contribution in [-0.4, -0.2) is 35.6 Å². The van der Waals surface area contributed by atoms with Crippen LogP contribution in [0.15, 0.2) is 77.7 Å². The maximum Gasteiger partial charge on any atom is 0.294 e. The van der Waals surface area contributed by atoms with E-state index in [4.69, 9.17) is 9.47 Å². The number of methoxy groups -OCH3 is 1. The lowest BCUT2D eigenvalue weighted by molar-refractivity contribution is -0.127. The number of imide groups is 1. The highest BCUT2D eigenvalue weighted by molar-refractivity contribution is 8.18. The molecule has 0 bridgehead atoms. The Bertz CT molecular complexity index is 1720. The quantitative estimate of drug-likeness (QED) is 0.189. The van der Waals surface area contributed by atoms with E-state index in [1.165, 1.54) is 13.2 Å². The average molecular weight is 579 g/mol. The molecule has 41 heavy (non-hydrogen) atoms. The van der Waals surface area contributed by atoms with Gasteiger partial charge in [-0.05, 0) is 64.0 Å². The van der Waals surface area contributed by atoms with Gasteiger partial charge < -0.3 is 14.8 Å². The molecule has 0 saturated carbocycles. The molecule has 1 heterocycles. The number of hydrogen-bond acceptors (Lipinski definition) is 6. The fraction of sp³-hybridized carbons (Fsp3) is 0.100. The molecule has 1 fully saturated rings. The molecular formula is C30H21F3N2O5S. The molecule has 4 aromatic rings. The number of carbonyl (C=O) groups excluding carboxylic acids is 3. The largest absolute Gasteiger partial charge is 0.493 e. The van der Waals surface area contributed by atoms with Gasteiger partial charge in [0.2, 0.25) is 5.91 Å². The summed E-state index contributed by atoms with van der Waals surface area (Å²) < 4.78 is 51.9. The molecule has 5 rings (SSSR count). The summed E-state index contributed by atoms with van der Waals surface area (Å²) >= 11 is 0.622. The Morgan fingerprint density at radius 2 is 1.73 bits per heavy atom.